The van der Waals surface area contributed by atoms with Crippen LogP contribution in [-0.4, -0.2) is 40.6 Å². The molecule has 0 heterocycles. The number of nitrogens with one attached hydrogen (secondary N) is 1. The van der Waals surface area contributed by atoms with Gasteiger partial charge in [0.2, 0.25) is 5.91 Å². The number of carbonyl (C=O) groups excluding carboxylic acids is 1. The molecule has 4 heteroatoms. The van der Waals surface area contributed by atoms with Crippen LogP contribution < -0.4 is 5.32 Å². The highest BCUT2D eigenvalue weighted by molar-refractivity contribution is 5.88. The summed E-state index contributed by atoms with van der Waals surface area (Å²) in [6.45, 7) is 0.742. The predicted octanol–water partition coefficient (Wildman–Crippen LogP) is 3.08. The molecule has 2 aliphatic carbocycles. The van der Waals surface area contributed by atoms with Crippen molar-refractivity contribution >= 4 is 5.91 Å². The largest absolute Gasteiger partial charge is 0.393 e. The fourth-order valence-corrected chi connectivity index (χ4v) is 4.75. The number of carbonyl (C=O) groups is 1. The van der Waals surface area contributed by atoms with Crippen molar-refractivity contribution in [3.8, 4) is 0 Å². The Bertz CT molecular complexity index is 787. The average molecular weight is 379 g/mol. The summed E-state index contributed by atoms with van der Waals surface area (Å²) < 4.78 is 0. The fraction of sp³-hybridized carbons (Fsp3) is 0.458. The number of aliphatic hydroxyl groups excluding tert-OH is 1. The number of hydrogen-bond donors (Lipinski definition) is 2. The molecule has 0 bridgehead atoms. The molecular weight excluding hydrogens is 348 g/mol. The molecule has 0 unspecified atom stereocenters. The number of hydrogen-bond acceptors (Lipinski definition) is 3. The number of rotatable bonds is 5. The van der Waals surface area contributed by atoms with Crippen molar-refractivity contribution in [2.45, 2.75) is 62.8 Å². The van der Waals surface area contributed by atoms with Crippen molar-refractivity contribution in [2.24, 2.45) is 0 Å². The second kappa shape index (κ2) is 8.06. The lowest BCUT2D eigenvalue weighted by Crippen LogP contribution is -2.60. The van der Waals surface area contributed by atoms with Gasteiger partial charge in [0.15, 0.2) is 0 Å². The highest BCUT2D eigenvalue weighted by atomic mass is 16.3. The molecule has 148 valence electrons. The molecule has 2 N–H and O–H groups in total. The third kappa shape index (κ3) is 3.85. The number of nitrogens with zero attached hydrogens (tertiary/aromatic N) is 1. The van der Waals surface area contributed by atoms with E-state index in [4.69, 9.17) is 0 Å². The van der Waals surface area contributed by atoms with Gasteiger partial charge in [-0.2, -0.15) is 0 Å². The van der Waals surface area contributed by atoms with Crippen molar-refractivity contribution in [1.29, 1.82) is 0 Å². The van der Waals surface area contributed by atoms with Crippen molar-refractivity contribution in [2.75, 3.05) is 7.05 Å². The number of aliphatic hydroxyl groups is 1. The molecule has 1 saturated carbocycles. The molecular formula is C24H30N2O2. The van der Waals surface area contributed by atoms with Gasteiger partial charge >= 0.3 is 0 Å². The minimum Gasteiger partial charge on any atom is -0.393 e. The first-order valence-corrected chi connectivity index (χ1v) is 10.4. The van der Waals surface area contributed by atoms with E-state index in [1.165, 1.54) is 16.7 Å². The third-order valence-corrected chi connectivity index (χ3v) is 6.53. The van der Waals surface area contributed by atoms with E-state index in [1.54, 1.807) is 0 Å². The first kappa shape index (κ1) is 19.2. The molecule has 0 radical (unpaired) electrons. The Kier molecular flexibility index (Phi) is 5.51. The van der Waals surface area contributed by atoms with Gasteiger partial charge in [-0.15, -0.1) is 0 Å². The number of likely N-dealkylation sites (N-methyl/N-ethyl adjacent to an activating group) is 1. The first-order chi connectivity index (χ1) is 13.6. The Morgan fingerprint density at radius 1 is 1.00 bits per heavy atom. The summed E-state index contributed by atoms with van der Waals surface area (Å²) in [6, 6.07) is 18.9. The SMILES string of the molecule is CN(Cc1ccccc1)C1(C(=O)NC2CCC(O)CC2)Cc2ccccc2C1. The van der Waals surface area contributed by atoms with Crippen LogP contribution in [0.25, 0.3) is 0 Å². The standard InChI is InChI=1S/C24H30N2O2/c1-26(17-18-7-3-2-4-8-18)24(15-19-9-5-6-10-20(19)16-24)23(28)25-21-11-13-22(27)14-12-21/h2-10,21-22,27H,11-17H2,1H3,(H,25,28). The fourth-order valence-electron chi connectivity index (χ4n) is 4.75. The van der Waals surface area contributed by atoms with Crippen LogP contribution in [0, 0.1) is 0 Å². The van der Waals surface area contributed by atoms with E-state index >= 15 is 0 Å². The molecule has 28 heavy (non-hydrogen) atoms. The summed E-state index contributed by atoms with van der Waals surface area (Å²) in [6.07, 6.45) is 4.55. The highest BCUT2D eigenvalue weighted by Crippen LogP contribution is 2.35. The summed E-state index contributed by atoms with van der Waals surface area (Å²) in [5, 5.41) is 13.1. The highest BCUT2D eigenvalue weighted by Gasteiger charge is 2.47. The summed E-state index contributed by atoms with van der Waals surface area (Å²) in [5.41, 5.74) is 3.21. The van der Waals surface area contributed by atoms with Crippen molar-refractivity contribution < 1.29 is 9.90 Å². The second-order valence-electron chi connectivity index (χ2n) is 8.47. The minimum absolute atomic E-state index is 0.128. The summed E-state index contributed by atoms with van der Waals surface area (Å²) in [7, 11) is 2.07. The lowest BCUT2D eigenvalue weighted by Gasteiger charge is -2.39. The molecule has 0 aliphatic heterocycles. The molecule has 2 aromatic rings. The molecule has 4 rings (SSSR count). The lowest BCUT2D eigenvalue weighted by molar-refractivity contribution is -0.134. The van der Waals surface area contributed by atoms with Gasteiger partial charge in [0.1, 0.15) is 5.54 Å². The van der Waals surface area contributed by atoms with Gasteiger partial charge in [-0.25, -0.2) is 0 Å². The molecule has 0 atom stereocenters. The molecule has 2 aliphatic rings. The van der Waals surface area contributed by atoms with Crippen LogP contribution in [0.5, 0.6) is 0 Å². The zero-order chi connectivity index (χ0) is 19.6. The van der Waals surface area contributed by atoms with Crippen LogP contribution >= 0.6 is 0 Å². The topological polar surface area (TPSA) is 52.6 Å². The van der Waals surface area contributed by atoms with Gasteiger partial charge in [0.05, 0.1) is 6.10 Å². The van der Waals surface area contributed by atoms with Gasteiger partial charge in [0.25, 0.3) is 0 Å². The predicted molar refractivity (Wildman–Crippen MR) is 111 cm³/mol. The lowest BCUT2D eigenvalue weighted by atomic mass is 9.89. The van der Waals surface area contributed by atoms with Crippen LogP contribution in [0.15, 0.2) is 54.6 Å². The van der Waals surface area contributed by atoms with E-state index in [0.717, 1.165) is 45.1 Å². The van der Waals surface area contributed by atoms with E-state index in [2.05, 4.69) is 53.7 Å². The number of amides is 1. The van der Waals surface area contributed by atoms with Gasteiger partial charge in [0, 0.05) is 25.4 Å². The third-order valence-electron chi connectivity index (χ3n) is 6.53. The van der Waals surface area contributed by atoms with Gasteiger partial charge in [-0.1, -0.05) is 54.6 Å². The Labute approximate surface area is 167 Å². The maximum atomic E-state index is 13.6. The zero-order valence-electron chi connectivity index (χ0n) is 16.6. The maximum absolute atomic E-state index is 13.6. The van der Waals surface area contributed by atoms with Crippen LogP contribution in [-0.2, 0) is 24.2 Å². The monoisotopic (exact) mass is 378 g/mol. The Hall–Kier alpha value is -2.17. The van der Waals surface area contributed by atoms with Crippen LogP contribution in [0.4, 0.5) is 0 Å². The Balaban J connectivity index is 1.56. The zero-order valence-corrected chi connectivity index (χ0v) is 16.6. The Morgan fingerprint density at radius 2 is 1.57 bits per heavy atom. The quantitative estimate of drug-likeness (QED) is 0.841. The van der Waals surface area contributed by atoms with Crippen LogP contribution in [0.1, 0.15) is 42.4 Å². The van der Waals surface area contributed by atoms with E-state index < -0.39 is 5.54 Å². The van der Waals surface area contributed by atoms with Crippen LogP contribution in [0.3, 0.4) is 0 Å². The van der Waals surface area contributed by atoms with E-state index in [0.29, 0.717) is 0 Å². The van der Waals surface area contributed by atoms with E-state index in [9.17, 15) is 9.90 Å². The van der Waals surface area contributed by atoms with Gasteiger partial charge in [-0.05, 0) is 49.4 Å². The minimum atomic E-state index is -0.560. The maximum Gasteiger partial charge on any atom is 0.241 e. The summed E-state index contributed by atoms with van der Waals surface area (Å²) in [4.78, 5) is 15.8. The molecule has 1 amide bonds. The first-order valence-electron chi connectivity index (χ1n) is 10.4. The molecule has 2 aromatic carbocycles. The van der Waals surface area contributed by atoms with Crippen molar-refractivity contribution in [3.63, 3.8) is 0 Å². The molecule has 0 aromatic heterocycles. The second-order valence-corrected chi connectivity index (χ2v) is 8.47. The van der Waals surface area contributed by atoms with E-state index in [1.807, 2.05) is 18.2 Å². The molecule has 1 fully saturated rings. The molecule has 0 saturated heterocycles. The van der Waals surface area contributed by atoms with Crippen LogP contribution in [0.2, 0.25) is 0 Å². The van der Waals surface area contributed by atoms with Crippen molar-refractivity contribution in [1.82, 2.24) is 10.2 Å². The number of benzene rings is 2. The molecule has 0 spiro atoms. The summed E-state index contributed by atoms with van der Waals surface area (Å²) in [5.74, 6) is 0.128. The smallest absolute Gasteiger partial charge is 0.241 e. The number of fused-ring (bicyclic) bond motifs is 1. The van der Waals surface area contributed by atoms with Crippen molar-refractivity contribution in [3.05, 3.63) is 71.3 Å². The van der Waals surface area contributed by atoms with Gasteiger partial charge < -0.3 is 10.4 Å². The van der Waals surface area contributed by atoms with Gasteiger partial charge in [-0.3, -0.25) is 9.69 Å². The molecule has 4 nitrogen and oxygen atoms in total. The Morgan fingerprint density at radius 3 is 2.18 bits per heavy atom. The van der Waals surface area contributed by atoms with E-state index in [-0.39, 0.29) is 18.1 Å². The average Bonchev–Trinajstić information content (AvgIpc) is 3.12. The normalized spacial score (nSPS) is 23.4. The summed E-state index contributed by atoms with van der Waals surface area (Å²) >= 11 is 0.